The summed E-state index contributed by atoms with van der Waals surface area (Å²) < 4.78 is 16.5. The fraction of sp³-hybridized carbons (Fsp3) is 0.261. The largest absolute Gasteiger partial charge is 0.464 e. The van der Waals surface area contributed by atoms with E-state index in [1.807, 2.05) is 13.0 Å². The summed E-state index contributed by atoms with van der Waals surface area (Å²) in [7, 11) is 0.612. The van der Waals surface area contributed by atoms with Gasteiger partial charge in [0.25, 0.3) is 0 Å². The molecule has 132 valence electrons. The molecule has 3 heteroatoms. The lowest BCUT2D eigenvalue weighted by molar-refractivity contribution is -0.665. The van der Waals surface area contributed by atoms with E-state index in [4.69, 9.17) is 5.79 Å². The molecule has 0 saturated heterocycles. The van der Waals surface area contributed by atoms with Crippen molar-refractivity contribution >= 4 is 35.0 Å². The Kier molecular flexibility index (Phi) is 3.54. The van der Waals surface area contributed by atoms with Gasteiger partial charge in [0.2, 0.25) is 5.69 Å². The first-order valence-electron chi connectivity index (χ1n) is 9.60. The topological polar surface area (TPSA) is 17.0 Å². The Bertz CT molecular complexity index is 1200. The van der Waals surface area contributed by atoms with Crippen molar-refractivity contribution in [1.82, 2.24) is 0 Å². The van der Waals surface area contributed by atoms with Crippen LogP contribution in [0.5, 0.6) is 0 Å². The number of aryl methyl sites for hydroxylation is 1. The predicted octanol–water partition coefficient (Wildman–Crippen LogP) is 5.24. The van der Waals surface area contributed by atoms with Crippen molar-refractivity contribution in [1.29, 1.82) is 0 Å². The summed E-state index contributed by atoms with van der Waals surface area (Å²) >= 11 is 0. The minimum atomic E-state index is -1.44. The van der Waals surface area contributed by atoms with Crippen molar-refractivity contribution in [3.05, 3.63) is 60.0 Å². The summed E-state index contributed by atoms with van der Waals surface area (Å²) in [6, 6.07) is 13.7. The van der Waals surface area contributed by atoms with E-state index in [2.05, 4.69) is 68.5 Å². The average Bonchev–Trinajstić information content (AvgIpc) is 3.06. The van der Waals surface area contributed by atoms with Gasteiger partial charge in [-0.05, 0) is 42.1 Å². The van der Waals surface area contributed by atoms with Crippen molar-refractivity contribution < 1.29 is 10.4 Å². The standard InChI is InChI=1S/C23H26NOSi/c1-15-11-17-9-10-25-22(17)14-21(15)23-20-8-7-19(26(4,5)6)13-18(20)12-16(2)24(23)3/h7-14H,1-6H3/q+1/i12D. The van der Waals surface area contributed by atoms with E-state index in [0.29, 0.717) is 6.04 Å². The lowest BCUT2D eigenvalue weighted by Gasteiger charge is -2.18. The normalized spacial score (nSPS) is 12.8. The Morgan fingerprint density at radius 1 is 1.00 bits per heavy atom. The minimum absolute atomic E-state index is 0.619. The first-order valence-corrected chi connectivity index (χ1v) is 12.6. The van der Waals surface area contributed by atoms with Crippen molar-refractivity contribution in [3.8, 4) is 11.3 Å². The first kappa shape index (κ1) is 15.8. The molecule has 0 N–H and O–H groups in total. The summed E-state index contributed by atoms with van der Waals surface area (Å²) in [5.41, 5.74) is 5.40. The zero-order valence-corrected chi connectivity index (χ0v) is 17.4. The first-order chi connectivity index (χ1) is 12.7. The van der Waals surface area contributed by atoms with Gasteiger partial charge >= 0.3 is 0 Å². The van der Waals surface area contributed by atoms with Gasteiger partial charge in [-0.3, -0.25) is 0 Å². The lowest BCUT2D eigenvalue weighted by atomic mass is 9.97. The van der Waals surface area contributed by atoms with Gasteiger partial charge in [-0.2, -0.15) is 4.57 Å². The van der Waals surface area contributed by atoms with E-state index in [0.717, 1.165) is 38.7 Å². The molecule has 2 aromatic heterocycles. The Balaban J connectivity index is 2.12. The van der Waals surface area contributed by atoms with Crippen LogP contribution in [0.3, 0.4) is 0 Å². The number of hydrogen-bond donors (Lipinski definition) is 0. The molecule has 2 nitrogen and oxygen atoms in total. The van der Waals surface area contributed by atoms with Gasteiger partial charge in [-0.15, -0.1) is 0 Å². The van der Waals surface area contributed by atoms with Crippen LogP contribution in [0.15, 0.2) is 53.1 Å². The SMILES string of the molecule is [2H]c1c(C)[n+](C)c(-c2cc3occc3cc2C)c2ccc([Si](C)(C)C)cc12. The van der Waals surface area contributed by atoms with Crippen LogP contribution in [0.1, 0.15) is 12.6 Å². The van der Waals surface area contributed by atoms with Crippen LogP contribution in [0, 0.1) is 13.8 Å². The summed E-state index contributed by atoms with van der Waals surface area (Å²) in [5, 5.41) is 4.68. The van der Waals surface area contributed by atoms with Gasteiger partial charge in [-0.25, -0.2) is 0 Å². The third-order valence-electron chi connectivity index (χ3n) is 5.35. The van der Waals surface area contributed by atoms with Crippen LogP contribution >= 0.6 is 0 Å². The lowest BCUT2D eigenvalue weighted by Crippen LogP contribution is -2.38. The Morgan fingerprint density at radius 3 is 2.50 bits per heavy atom. The Labute approximate surface area is 157 Å². The van der Waals surface area contributed by atoms with Crippen molar-refractivity contribution in [2.45, 2.75) is 33.5 Å². The molecule has 4 aromatic rings. The highest BCUT2D eigenvalue weighted by molar-refractivity contribution is 6.88. The number of fused-ring (bicyclic) bond motifs is 2. The monoisotopic (exact) mass is 361 g/mol. The van der Waals surface area contributed by atoms with Crippen LogP contribution in [0.2, 0.25) is 19.6 Å². The number of pyridine rings is 1. The Morgan fingerprint density at radius 2 is 1.77 bits per heavy atom. The van der Waals surface area contributed by atoms with E-state index in [1.165, 1.54) is 10.8 Å². The van der Waals surface area contributed by atoms with E-state index in [1.54, 1.807) is 6.26 Å². The van der Waals surface area contributed by atoms with Gasteiger partial charge in [0, 0.05) is 18.4 Å². The number of aromatic nitrogens is 1. The van der Waals surface area contributed by atoms with E-state index >= 15 is 0 Å². The van der Waals surface area contributed by atoms with Crippen molar-refractivity contribution in [3.63, 3.8) is 0 Å². The van der Waals surface area contributed by atoms with Gasteiger partial charge in [0.1, 0.15) is 12.6 Å². The maximum Gasteiger partial charge on any atom is 0.220 e. The summed E-state index contributed by atoms with van der Waals surface area (Å²) in [6.07, 6.45) is 1.74. The van der Waals surface area contributed by atoms with Gasteiger partial charge in [0.15, 0.2) is 5.69 Å². The molecule has 0 unspecified atom stereocenters. The maximum atomic E-state index is 8.73. The van der Waals surface area contributed by atoms with Gasteiger partial charge < -0.3 is 4.42 Å². The molecule has 0 amide bonds. The molecule has 0 atom stereocenters. The molecular weight excluding hydrogens is 334 g/mol. The van der Waals surface area contributed by atoms with E-state index in [9.17, 15) is 0 Å². The summed E-state index contributed by atoms with van der Waals surface area (Å²) in [6.45, 7) is 11.2. The molecule has 0 spiro atoms. The molecule has 0 bridgehead atoms. The quantitative estimate of drug-likeness (QED) is 0.352. The zero-order chi connectivity index (χ0) is 19.5. The smallest absolute Gasteiger partial charge is 0.220 e. The third kappa shape index (κ3) is 2.67. The van der Waals surface area contributed by atoms with Crippen molar-refractivity contribution in [2.75, 3.05) is 0 Å². The van der Waals surface area contributed by atoms with Crippen LogP contribution < -0.4 is 9.75 Å². The molecule has 2 heterocycles. The summed E-state index contributed by atoms with van der Waals surface area (Å²) in [5.74, 6) is 0. The maximum absolute atomic E-state index is 8.73. The minimum Gasteiger partial charge on any atom is -0.464 e. The highest BCUT2D eigenvalue weighted by Crippen LogP contribution is 2.32. The molecule has 2 aromatic carbocycles. The fourth-order valence-electron chi connectivity index (χ4n) is 3.65. The molecule has 0 fully saturated rings. The number of hydrogen-bond acceptors (Lipinski definition) is 1. The third-order valence-corrected chi connectivity index (χ3v) is 7.39. The predicted molar refractivity (Wildman–Crippen MR) is 113 cm³/mol. The molecule has 0 aliphatic heterocycles. The molecule has 0 radical (unpaired) electrons. The number of furan rings is 1. The highest BCUT2D eigenvalue weighted by Gasteiger charge is 2.23. The van der Waals surface area contributed by atoms with Crippen LogP contribution in [-0.4, -0.2) is 8.07 Å². The number of rotatable bonds is 2. The van der Waals surface area contributed by atoms with Gasteiger partial charge in [0.05, 0.1) is 26.7 Å². The molecule has 26 heavy (non-hydrogen) atoms. The van der Waals surface area contributed by atoms with Crippen LogP contribution in [0.4, 0.5) is 0 Å². The van der Waals surface area contributed by atoms with E-state index in [-0.39, 0.29) is 0 Å². The second-order valence-corrected chi connectivity index (χ2v) is 13.3. The molecule has 0 saturated carbocycles. The van der Waals surface area contributed by atoms with Crippen molar-refractivity contribution in [2.24, 2.45) is 7.05 Å². The zero-order valence-electron chi connectivity index (χ0n) is 17.4. The molecule has 0 aliphatic carbocycles. The second kappa shape index (κ2) is 5.81. The average molecular weight is 362 g/mol. The second-order valence-electron chi connectivity index (χ2n) is 8.25. The van der Waals surface area contributed by atoms with Crippen LogP contribution in [0.25, 0.3) is 33.0 Å². The van der Waals surface area contributed by atoms with Crippen LogP contribution in [-0.2, 0) is 7.05 Å². The molecule has 0 aliphatic rings. The molecular formula is C23H26NOSi+. The Hall–Kier alpha value is -2.39. The number of nitrogens with zero attached hydrogens (tertiary/aromatic N) is 1. The van der Waals surface area contributed by atoms with E-state index < -0.39 is 8.07 Å². The highest BCUT2D eigenvalue weighted by atomic mass is 28.3. The van der Waals surface area contributed by atoms with Gasteiger partial charge in [-0.1, -0.05) is 37.0 Å². The molecule has 4 rings (SSSR count). The summed E-state index contributed by atoms with van der Waals surface area (Å²) in [4.78, 5) is 0. The number of benzene rings is 2. The fourth-order valence-corrected chi connectivity index (χ4v) is 4.81.